The van der Waals surface area contributed by atoms with E-state index in [9.17, 15) is 9.59 Å². The SMILES string of the molecule is CCn1c(N)c(NC2CCSCC2)c(=O)[nH]c1=O. The summed E-state index contributed by atoms with van der Waals surface area (Å²) in [4.78, 5) is 25.6. The van der Waals surface area contributed by atoms with Gasteiger partial charge in [0, 0.05) is 12.6 Å². The molecule has 7 heteroatoms. The summed E-state index contributed by atoms with van der Waals surface area (Å²) in [5, 5.41) is 3.18. The van der Waals surface area contributed by atoms with Crippen LogP contribution in [0.25, 0.3) is 0 Å². The summed E-state index contributed by atoms with van der Waals surface area (Å²) in [5.41, 5.74) is 5.33. The highest BCUT2D eigenvalue weighted by molar-refractivity contribution is 7.99. The van der Waals surface area contributed by atoms with Crippen molar-refractivity contribution in [3.05, 3.63) is 20.8 Å². The summed E-state index contributed by atoms with van der Waals surface area (Å²) in [7, 11) is 0. The number of hydrogen-bond donors (Lipinski definition) is 3. The van der Waals surface area contributed by atoms with E-state index in [4.69, 9.17) is 5.73 Å². The number of nitrogen functional groups attached to an aromatic ring is 1. The van der Waals surface area contributed by atoms with Gasteiger partial charge in [0.1, 0.15) is 11.5 Å². The van der Waals surface area contributed by atoms with E-state index in [-0.39, 0.29) is 11.9 Å². The van der Waals surface area contributed by atoms with Crippen LogP contribution >= 0.6 is 11.8 Å². The summed E-state index contributed by atoms with van der Waals surface area (Å²) >= 11 is 1.92. The van der Waals surface area contributed by atoms with Gasteiger partial charge in [-0.1, -0.05) is 0 Å². The number of rotatable bonds is 3. The maximum Gasteiger partial charge on any atom is 0.330 e. The summed E-state index contributed by atoms with van der Waals surface area (Å²) in [6.07, 6.45) is 2.02. The highest BCUT2D eigenvalue weighted by Gasteiger charge is 2.18. The fourth-order valence-electron chi connectivity index (χ4n) is 2.09. The minimum Gasteiger partial charge on any atom is -0.383 e. The molecular formula is C11H18N4O2S. The zero-order valence-electron chi connectivity index (χ0n) is 10.4. The lowest BCUT2D eigenvalue weighted by Crippen LogP contribution is -2.36. The molecule has 1 aliphatic heterocycles. The molecule has 100 valence electrons. The normalized spacial score (nSPS) is 16.7. The molecule has 0 saturated carbocycles. The molecular weight excluding hydrogens is 252 g/mol. The zero-order valence-corrected chi connectivity index (χ0v) is 11.2. The van der Waals surface area contributed by atoms with E-state index in [0.29, 0.717) is 12.2 Å². The van der Waals surface area contributed by atoms with Crippen LogP contribution in [0, 0.1) is 0 Å². The van der Waals surface area contributed by atoms with Crippen molar-refractivity contribution < 1.29 is 0 Å². The van der Waals surface area contributed by atoms with Crippen LogP contribution in [0.2, 0.25) is 0 Å². The third kappa shape index (κ3) is 2.55. The Morgan fingerprint density at radius 2 is 2.11 bits per heavy atom. The third-order valence-electron chi connectivity index (χ3n) is 3.13. The topological polar surface area (TPSA) is 92.9 Å². The Hall–Kier alpha value is -1.37. The molecule has 2 heterocycles. The van der Waals surface area contributed by atoms with E-state index < -0.39 is 11.2 Å². The van der Waals surface area contributed by atoms with Gasteiger partial charge in [-0.25, -0.2) is 4.79 Å². The first kappa shape index (κ1) is 13.1. The number of aromatic nitrogens is 2. The molecule has 0 amide bonds. The maximum absolute atomic E-state index is 11.8. The van der Waals surface area contributed by atoms with E-state index in [1.54, 1.807) is 0 Å². The quantitative estimate of drug-likeness (QED) is 0.741. The molecule has 0 bridgehead atoms. The van der Waals surface area contributed by atoms with Gasteiger partial charge < -0.3 is 11.1 Å². The Balaban J connectivity index is 2.32. The summed E-state index contributed by atoms with van der Waals surface area (Å²) in [6, 6.07) is 0.262. The number of nitrogens with two attached hydrogens (primary N) is 1. The number of anilines is 2. The van der Waals surface area contributed by atoms with E-state index in [1.165, 1.54) is 4.57 Å². The second-order valence-corrected chi connectivity index (χ2v) is 5.52. The van der Waals surface area contributed by atoms with Crippen LogP contribution in [0.1, 0.15) is 19.8 Å². The molecule has 1 fully saturated rings. The van der Waals surface area contributed by atoms with Crippen molar-refractivity contribution in [2.24, 2.45) is 0 Å². The lowest BCUT2D eigenvalue weighted by molar-refractivity contribution is 0.657. The highest BCUT2D eigenvalue weighted by Crippen LogP contribution is 2.21. The molecule has 2 rings (SSSR count). The molecule has 1 aromatic heterocycles. The zero-order chi connectivity index (χ0) is 13.1. The van der Waals surface area contributed by atoms with Crippen LogP contribution in [0.4, 0.5) is 11.5 Å². The Labute approximate surface area is 109 Å². The van der Waals surface area contributed by atoms with E-state index >= 15 is 0 Å². The van der Waals surface area contributed by atoms with Gasteiger partial charge >= 0.3 is 5.69 Å². The number of thioether (sulfide) groups is 1. The molecule has 0 aliphatic carbocycles. The van der Waals surface area contributed by atoms with Crippen LogP contribution < -0.4 is 22.3 Å². The largest absolute Gasteiger partial charge is 0.383 e. The maximum atomic E-state index is 11.8. The van der Waals surface area contributed by atoms with Crippen LogP contribution in [0.15, 0.2) is 9.59 Å². The van der Waals surface area contributed by atoms with Crippen molar-refractivity contribution in [3.8, 4) is 0 Å². The summed E-state index contributed by atoms with van der Waals surface area (Å²) in [6.45, 7) is 2.26. The molecule has 18 heavy (non-hydrogen) atoms. The van der Waals surface area contributed by atoms with Gasteiger partial charge in [0.2, 0.25) is 0 Å². The number of nitrogens with zero attached hydrogens (tertiary/aromatic N) is 1. The Bertz CT molecular complexity index is 531. The van der Waals surface area contributed by atoms with E-state index in [1.807, 2.05) is 18.7 Å². The fraction of sp³-hybridized carbons (Fsp3) is 0.636. The monoisotopic (exact) mass is 270 g/mol. The van der Waals surface area contributed by atoms with Gasteiger partial charge in [-0.05, 0) is 31.3 Å². The summed E-state index contributed by atoms with van der Waals surface area (Å²) < 4.78 is 1.36. The first-order valence-electron chi connectivity index (χ1n) is 6.10. The highest BCUT2D eigenvalue weighted by atomic mass is 32.2. The molecule has 6 nitrogen and oxygen atoms in total. The van der Waals surface area contributed by atoms with Crippen molar-refractivity contribution in [3.63, 3.8) is 0 Å². The van der Waals surface area contributed by atoms with Gasteiger partial charge in [0.15, 0.2) is 0 Å². The Morgan fingerprint density at radius 3 is 2.72 bits per heavy atom. The fourth-order valence-corrected chi connectivity index (χ4v) is 3.19. The molecule has 0 atom stereocenters. The molecule has 0 radical (unpaired) electrons. The van der Waals surface area contributed by atoms with Gasteiger partial charge in [-0.3, -0.25) is 14.3 Å². The minimum atomic E-state index is -0.454. The summed E-state index contributed by atoms with van der Waals surface area (Å²) in [5.74, 6) is 2.40. The molecule has 0 unspecified atom stereocenters. The van der Waals surface area contributed by atoms with Crippen molar-refractivity contribution in [2.45, 2.75) is 32.4 Å². The molecule has 1 aromatic rings. The minimum absolute atomic E-state index is 0.226. The second-order valence-electron chi connectivity index (χ2n) is 4.29. The van der Waals surface area contributed by atoms with Gasteiger partial charge in [-0.2, -0.15) is 11.8 Å². The van der Waals surface area contributed by atoms with Crippen molar-refractivity contribution >= 4 is 23.3 Å². The predicted octanol–water partition coefficient (Wildman–Crippen LogP) is 0.446. The first-order valence-corrected chi connectivity index (χ1v) is 7.25. The van der Waals surface area contributed by atoms with Crippen molar-refractivity contribution in [2.75, 3.05) is 22.6 Å². The standard InChI is InChI=1S/C11H18N4O2S/c1-2-15-9(12)8(10(16)14-11(15)17)13-7-3-5-18-6-4-7/h7,13H,2-6,12H2,1H3,(H,14,16,17). The Kier molecular flexibility index (Phi) is 4.00. The molecule has 1 saturated heterocycles. The average Bonchev–Trinajstić information content (AvgIpc) is 2.36. The van der Waals surface area contributed by atoms with E-state index in [2.05, 4.69) is 10.3 Å². The predicted molar refractivity (Wildman–Crippen MR) is 75.4 cm³/mol. The number of hydrogen-bond acceptors (Lipinski definition) is 5. The number of H-pyrrole nitrogens is 1. The van der Waals surface area contributed by atoms with Crippen LogP contribution in [-0.4, -0.2) is 27.1 Å². The van der Waals surface area contributed by atoms with Crippen LogP contribution in [-0.2, 0) is 6.54 Å². The number of aromatic amines is 1. The van der Waals surface area contributed by atoms with Crippen LogP contribution in [0.5, 0.6) is 0 Å². The van der Waals surface area contributed by atoms with Gasteiger partial charge in [-0.15, -0.1) is 0 Å². The second kappa shape index (κ2) is 5.51. The first-order chi connectivity index (χ1) is 8.63. The lowest BCUT2D eigenvalue weighted by atomic mass is 10.1. The smallest absolute Gasteiger partial charge is 0.330 e. The third-order valence-corrected chi connectivity index (χ3v) is 4.17. The van der Waals surface area contributed by atoms with E-state index in [0.717, 1.165) is 24.3 Å². The average molecular weight is 270 g/mol. The molecule has 1 aliphatic rings. The molecule has 0 aromatic carbocycles. The van der Waals surface area contributed by atoms with Crippen molar-refractivity contribution in [1.29, 1.82) is 0 Å². The molecule has 4 N–H and O–H groups in total. The lowest BCUT2D eigenvalue weighted by Gasteiger charge is -2.24. The van der Waals surface area contributed by atoms with Gasteiger partial charge in [0.05, 0.1) is 0 Å². The molecule has 0 spiro atoms. The Morgan fingerprint density at radius 1 is 1.44 bits per heavy atom. The van der Waals surface area contributed by atoms with Gasteiger partial charge in [0.25, 0.3) is 5.56 Å². The number of nitrogens with one attached hydrogen (secondary N) is 2. The van der Waals surface area contributed by atoms with Crippen molar-refractivity contribution in [1.82, 2.24) is 9.55 Å². The van der Waals surface area contributed by atoms with Crippen LogP contribution in [0.3, 0.4) is 0 Å².